The van der Waals surface area contributed by atoms with Crippen molar-refractivity contribution >= 4 is 16.6 Å². The normalized spacial score (nSPS) is 11.4. The van der Waals surface area contributed by atoms with Crippen LogP contribution in [0.25, 0.3) is 22.0 Å². The van der Waals surface area contributed by atoms with Crippen LogP contribution in [0, 0.1) is 0 Å². The van der Waals surface area contributed by atoms with E-state index in [1.807, 2.05) is 23.7 Å². The molecule has 0 unspecified atom stereocenters. The monoisotopic (exact) mass is 265 g/mol. The van der Waals surface area contributed by atoms with E-state index in [4.69, 9.17) is 10.7 Å². The Morgan fingerprint density at radius 2 is 1.75 bits per heavy atom. The molecule has 0 aliphatic heterocycles. The van der Waals surface area contributed by atoms with Crippen LogP contribution in [-0.2, 0) is 7.05 Å². The molecular weight excluding hydrogens is 246 g/mol. The molecule has 0 amide bonds. The van der Waals surface area contributed by atoms with Gasteiger partial charge in [-0.25, -0.2) is 4.98 Å². The molecule has 0 saturated carbocycles. The van der Waals surface area contributed by atoms with E-state index in [0.717, 1.165) is 22.9 Å². The molecule has 3 rings (SSSR count). The van der Waals surface area contributed by atoms with Gasteiger partial charge in [-0.3, -0.25) is 0 Å². The summed E-state index contributed by atoms with van der Waals surface area (Å²) in [4.78, 5) is 4.77. The van der Waals surface area contributed by atoms with Crippen LogP contribution < -0.4 is 5.73 Å². The van der Waals surface area contributed by atoms with Crippen LogP contribution in [-0.4, -0.2) is 9.55 Å². The van der Waals surface area contributed by atoms with Gasteiger partial charge in [0.05, 0.1) is 0 Å². The van der Waals surface area contributed by atoms with Crippen LogP contribution in [0.3, 0.4) is 0 Å². The molecule has 0 spiro atoms. The number of nitrogens with two attached hydrogens (primary N) is 1. The second kappa shape index (κ2) is 4.67. The molecule has 0 atom stereocenters. The van der Waals surface area contributed by atoms with Crippen molar-refractivity contribution in [3.8, 4) is 11.3 Å². The molecule has 2 aromatic carbocycles. The Balaban J connectivity index is 2.29. The molecule has 2 N–H and O–H groups in total. The first-order valence-electron chi connectivity index (χ1n) is 6.90. The van der Waals surface area contributed by atoms with Crippen LogP contribution in [0.15, 0.2) is 42.5 Å². The Labute approximate surface area is 119 Å². The van der Waals surface area contributed by atoms with E-state index in [2.05, 4.69) is 44.2 Å². The first kappa shape index (κ1) is 12.7. The molecule has 3 aromatic rings. The molecule has 0 radical (unpaired) electrons. The van der Waals surface area contributed by atoms with Crippen molar-refractivity contribution in [2.75, 3.05) is 5.73 Å². The van der Waals surface area contributed by atoms with Gasteiger partial charge in [-0.05, 0) is 10.8 Å². The lowest BCUT2D eigenvalue weighted by Crippen LogP contribution is -2.02. The van der Waals surface area contributed by atoms with Crippen LogP contribution in [0.4, 0.5) is 5.82 Å². The fraction of sp³-hybridized carbons (Fsp3) is 0.235. The Bertz CT molecular complexity index is 764. The van der Waals surface area contributed by atoms with Crippen LogP contribution in [0.1, 0.15) is 25.6 Å². The van der Waals surface area contributed by atoms with Crippen molar-refractivity contribution < 1.29 is 0 Å². The Morgan fingerprint density at radius 3 is 2.45 bits per heavy atom. The highest BCUT2D eigenvalue weighted by Crippen LogP contribution is 2.33. The zero-order valence-corrected chi connectivity index (χ0v) is 12.1. The van der Waals surface area contributed by atoms with E-state index in [9.17, 15) is 0 Å². The average molecular weight is 265 g/mol. The maximum absolute atomic E-state index is 6.26. The number of imidazole rings is 1. The molecule has 0 aliphatic carbocycles. The van der Waals surface area contributed by atoms with Crippen molar-refractivity contribution in [2.24, 2.45) is 7.05 Å². The van der Waals surface area contributed by atoms with E-state index in [-0.39, 0.29) is 0 Å². The number of hydrogen-bond donors (Lipinski definition) is 1. The summed E-state index contributed by atoms with van der Waals surface area (Å²) in [5, 5.41) is 2.40. The molecule has 1 aromatic heterocycles. The minimum Gasteiger partial charge on any atom is -0.383 e. The second-order valence-corrected chi connectivity index (χ2v) is 5.44. The lowest BCUT2D eigenvalue weighted by atomic mass is 10.0. The predicted molar refractivity (Wildman–Crippen MR) is 84.7 cm³/mol. The third-order valence-corrected chi connectivity index (χ3v) is 3.74. The topological polar surface area (TPSA) is 43.8 Å². The Hall–Kier alpha value is -2.29. The summed E-state index contributed by atoms with van der Waals surface area (Å²) in [6.07, 6.45) is 0. The zero-order valence-electron chi connectivity index (χ0n) is 12.1. The van der Waals surface area contributed by atoms with Gasteiger partial charge in [0.25, 0.3) is 0 Å². The number of hydrogen-bond acceptors (Lipinski definition) is 2. The number of aromatic nitrogens is 2. The van der Waals surface area contributed by atoms with Gasteiger partial charge in [-0.1, -0.05) is 56.3 Å². The van der Waals surface area contributed by atoms with Gasteiger partial charge in [0, 0.05) is 18.5 Å². The van der Waals surface area contributed by atoms with Crippen LogP contribution >= 0.6 is 0 Å². The number of nitrogens with zero attached hydrogens (tertiary/aromatic N) is 2. The standard InChI is InChI=1S/C17H19N3/c1-11(2)17-19-15(16(18)20(17)3)14-10-6-8-12-7-4-5-9-13(12)14/h4-11H,18H2,1-3H3. The highest BCUT2D eigenvalue weighted by Gasteiger charge is 2.17. The summed E-state index contributed by atoms with van der Waals surface area (Å²) in [6.45, 7) is 4.27. The molecule has 0 bridgehead atoms. The number of nitrogen functional groups attached to an aromatic ring is 1. The first-order chi connectivity index (χ1) is 9.59. The maximum atomic E-state index is 6.26. The number of benzene rings is 2. The van der Waals surface area contributed by atoms with Gasteiger partial charge >= 0.3 is 0 Å². The fourth-order valence-electron chi connectivity index (χ4n) is 2.68. The predicted octanol–water partition coefficient (Wildman–Crippen LogP) is 3.95. The molecule has 20 heavy (non-hydrogen) atoms. The minimum atomic E-state index is 0.353. The Morgan fingerprint density at radius 1 is 1.05 bits per heavy atom. The summed E-state index contributed by atoms with van der Waals surface area (Å²) in [5.41, 5.74) is 8.25. The summed E-state index contributed by atoms with van der Waals surface area (Å²) in [5.74, 6) is 2.10. The average Bonchev–Trinajstić information content (AvgIpc) is 2.75. The summed E-state index contributed by atoms with van der Waals surface area (Å²) in [6, 6.07) is 14.6. The smallest absolute Gasteiger partial charge is 0.131 e. The van der Waals surface area contributed by atoms with Crippen LogP contribution in [0.5, 0.6) is 0 Å². The maximum Gasteiger partial charge on any atom is 0.131 e. The van der Waals surface area contributed by atoms with E-state index >= 15 is 0 Å². The summed E-state index contributed by atoms with van der Waals surface area (Å²) >= 11 is 0. The number of rotatable bonds is 2. The van der Waals surface area contributed by atoms with Crippen molar-refractivity contribution in [2.45, 2.75) is 19.8 Å². The largest absolute Gasteiger partial charge is 0.383 e. The second-order valence-electron chi connectivity index (χ2n) is 5.44. The molecule has 0 aliphatic rings. The summed E-state index contributed by atoms with van der Waals surface area (Å²) < 4.78 is 1.99. The molecular formula is C17H19N3. The SMILES string of the molecule is CC(C)c1nc(-c2cccc3ccccc23)c(N)n1C. The minimum absolute atomic E-state index is 0.353. The fourth-order valence-corrected chi connectivity index (χ4v) is 2.68. The lowest BCUT2D eigenvalue weighted by Gasteiger charge is -2.05. The number of fused-ring (bicyclic) bond motifs is 1. The molecule has 3 nitrogen and oxygen atoms in total. The summed E-state index contributed by atoms with van der Waals surface area (Å²) in [7, 11) is 1.98. The third-order valence-electron chi connectivity index (χ3n) is 3.74. The van der Waals surface area contributed by atoms with Crippen molar-refractivity contribution in [3.63, 3.8) is 0 Å². The molecule has 0 saturated heterocycles. The molecule has 1 heterocycles. The van der Waals surface area contributed by atoms with Gasteiger partial charge in [-0.15, -0.1) is 0 Å². The van der Waals surface area contributed by atoms with Gasteiger partial charge in [0.15, 0.2) is 0 Å². The van der Waals surface area contributed by atoms with Gasteiger partial charge in [0.1, 0.15) is 17.3 Å². The molecule has 0 fully saturated rings. The zero-order chi connectivity index (χ0) is 14.3. The van der Waals surface area contributed by atoms with Crippen molar-refractivity contribution in [1.29, 1.82) is 0 Å². The molecule has 3 heteroatoms. The highest BCUT2D eigenvalue weighted by atomic mass is 15.1. The van der Waals surface area contributed by atoms with E-state index in [1.54, 1.807) is 0 Å². The Kier molecular flexibility index (Phi) is 2.97. The highest BCUT2D eigenvalue weighted by molar-refractivity contribution is 5.97. The number of anilines is 1. The van der Waals surface area contributed by atoms with Crippen molar-refractivity contribution in [3.05, 3.63) is 48.3 Å². The van der Waals surface area contributed by atoms with E-state index in [0.29, 0.717) is 5.92 Å². The van der Waals surface area contributed by atoms with Gasteiger partial charge in [-0.2, -0.15) is 0 Å². The van der Waals surface area contributed by atoms with Crippen molar-refractivity contribution in [1.82, 2.24) is 9.55 Å². The first-order valence-corrected chi connectivity index (χ1v) is 6.90. The van der Waals surface area contributed by atoms with E-state index < -0.39 is 0 Å². The van der Waals surface area contributed by atoms with Crippen LogP contribution in [0.2, 0.25) is 0 Å². The van der Waals surface area contributed by atoms with Gasteiger partial charge < -0.3 is 10.3 Å². The third kappa shape index (κ3) is 1.86. The van der Waals surface area contributed by atoms with Gasteiger partial charge in [0.2, 0.25) is 0 Å². The quantitative estimate of drug-likeness (QED) is 0.762. The lowest BCUT2D eigenvalue weighted by molar-refractivity contribution is 0.715. The molecule has 102 valence electrons. The van der Waals surface area contributed by atoms with E-state index in [1.165, 1.54) is 10.8 Å².